The molecule has 7 heteroatoms. The smallest absolute Gasteiger partial charge is 0.408 e. The molecule has 2 aromatic carbocycles. The highest BCUT2D eigenvalue weighted by Gasteiger charge is 2.28. The zero-order valence-electron chi connectivity index (χ0n) is 17.7. The van der Waals surface area contributed by atoms with Crippen LogP contribution in [0.4, 0.5) is 4.79 Å². The van der Waals surface area contributed by atoms with Crippen molar-refractivity contribution in [3.05, 3.63) is 58.6 Å². The first-order valence-electron chi connectivity index (χ1n) is 9.62. The molecule has 30 heavy (non-hydrogen) atoms. The molecular formula is C23H27ClN2O3S. The van der Waals surface area contributed by atoms with E-state index < -0.39 is 17.2 Å². The van der Waals surface area contributed by atoms with Gasteiger partial charge in [0, 0.05) is 14.8 Å². The molecule has 2 N–H and O–H groups in total. The first kappa shape index (κ1) is 24.1. The summed E-state index contributed by atoms with van der Waals surface area (Å²) in [4.78, 5) is 14.0. The Labute approximate surface area is 187 Å². The highest BCUT2D eigenvalue weighted by Crippen LogP contribution is 2.32. The summed E-state index contributed by atoms with van der Waals surface area (Å²) >= 11 is 8.01. The van der Waals surface area contributed by atoms with Gasteiger partial charge < -0.3 is 15.2 Å². The van der Waals surface area contributed by atoms with Gasteiger partial charge in [-0.1, -0.05) is 35.5 Å². The molecule has 0 unspecified atom stereocenters. The lowest BCUT2D eigenvalue weighted by Crippen LogP contribution is -2.50. The number of alkyl carbamates (subject to hydrolysis) is 1. The summed E-state index contributed by atoms with van der Waals surface area (Å²) in [6, 6.07) is 15.3. The molecule has 160 valence electrons. The van der Waals surface area contributed by atoms with Crippen molar-refractivity contribution in [2.75, 3.05) is 6.61 Å². The second kappa shape index (κ2) is 10.2. The zero-order chi connectivity index (χ0) is 22.4. The van der Waals surface area contributed by atoms with Crippen LogP contribution in [-0.2, 0) is 11.2 Å². The summed E-state index contributed by atoms with van der Waals surface area (Å²) < 4.78 is 5.29. The van der Waals surface area contributed by atoms with E-state index in [1.54, 1.807) is 33.8 Å². The molecule has 0 bridgehead atoms. The third-order valence-electron chi connectivity index (χ3n) is 4.32. The van der Waals surface area contributed by atoms with Crippen molar-refractivity contribution in [1.29, 1.82) is 5.26 Å². The van der Waals surface area contributed by atoms with Crippen LogP contribution in [0, 0.1) is 11.3 Å². The van der Waals surface area contributed by atoms with Crippen LogP contribution in [0.25, 0.3) is 0 Å². The normalized spacial score (nSPS) is 13.2. The van der Waals surface area contributed by atoms with Crippen LogP contribution in [0.5, 0.6) is 0 Å². The molecule has 0 aromatic heterocycles. The molecule has 0 aliphatic heterocycles. The summed E-state index contributed by atoms with van der Waals surface area (Å²) in [6.07, 6.45) is 0.524. The van der Waals surface area contributed by atoms with Crippen LogP contribution in [0.2, 0.25) is 5.02 Å². The van der Waals surface area contributed by atoms with E-state index in [0.29, 0.717) is 23.4 Å². The molecule has 0 saturated heterocycles. The number of ether oxygens (including phenoxy) is 1. The second-order valence-corrected chi connectivity index (χ2v) is 9.89. The van der Waals surface area contributed by atoms with Crippen LogP contribution in [-0.4, -0.2) is 28.9 Å². The summed E-state index contributed by atoms with van der Waals surface area (Å²) in [7, 11) is 0. The highest BCUT2D eigenvalue weighted by atomic mass is 35.5. The van der Waals surface area contributed by atoms with Crippen molar-refractivity contribution in [3.8, 4) is 6.07 Å². The van der Waals surface area contributed by atoms with Gasteiger partial charge in [-0.05, 0) is 76.4 Å². The number of carbonyl (C=O) groups excluding carboxylic acids is 1. The van der Waals surface area contributed by atoms with Crippen molar-refractivity contribution in [2.45, 2.75) is 61.5 Å². The lowest BCUT2D eigenvalue weighted by atomic mass is 9.94. The summed E-state index contributed by atoms with van der Waals surface area (Å²) in [5.74, 6) is 0. The highest BCUT2D eigenvalue weighted by molar-refractivity contribution is 7.99. The molecule has 1 atom stereocenters. The lowest BCUT2D eigenvalue weighted by molar-refractivity contribution is 0.0407. The van der Waals surface area contributed by atoms with Gasteiger partial charge in [0.1, 0.15) is 5.60 Å². The fourth-order valence-electron chi connectivity index (χ4n) is 2.70. The number of hydrogen-bond donors (Lipinski definition) is 2. The number of rotatable bonds is 7. The molecule has 0 radical (unpaired) electrons. The third-order valence-corrected chi connectivity index (χ3v) is 5.65. The summed E-state index contributed by atoms with van der Waals surface area (Å²) in [5, 5.41) is 22.2. The maximum atomic E-state index is 12.1. The number of amides is 1. The molecule has 5 nitrogen and oxygen atoms in total. The monoisotopic (exact) mass is 446 g/mol. The number of hydrogen-bond acceptors (Lipinski definition) is 5. The minimum atomic E-state index is -0.823. The second-order valence-electron chi connectivity index (χ2n) is 8.34. The molecule has 0 saturated carbocycles. The Bertz CT molecular complexity index is 937. The minimum Gasteiger partial charge on any atom is -0.444 e. The predicted octanol–water partition coefficient (Wildman–Crippen LogP) is 5.57. The number of carbonyl (C=O) groups is 1. The fraction of sp³-hybridized carbons (Fsp3) is 0.391. The van der Waals surface area contributed by atoms with Crippen LogP contribution >= 0.6 is 23.4 Å². The lowest BCUT2D eigenvalue weighted by Gasteiger charge is -2.30. The number of nitrogens with one attached hydrogen (secondary N) is 1. The van der Waals surface area contributed by atoms with Crippen molar-refractivity contribution >= 4 is 29.5 Å². The topological polar surface area (TPSA) is 82.3 Å². The van der Waals surface area contributed by atoms with Gasteiger partial charge in [-0.2, -0.15) is 5.26 Å². The van der Waals surface area contributed by atoms with E-state index >= 15 is 0 Å². The third kappa shape index (κ3) is 7.56. The number of benzene rings is 2. The maximum Gasteiger partial charge on any atom is 0.408 e. The number of aliphatic hydroxyl groups excluding tert-OH is 1. The first-order chi connectivity index (χ1) is 14.0. The van der Waals surface area contributed by atoms with Crippen molar-refractivity contribution < 1.29 is 14.6 Å². The van der Waals surface area contributed by atoms with Gasteiger partial charge in [0.2, 0.25) is 0 Å². The fourth-order valence-corrected chi connectivity index (χ4v) is 3.96. The molecule has 0 heterocycles. The largest absolute Gasteiger partial charge is 0.444 e. The van der Waals surface area contributed by atoms with Gasteiger partial charge >= 0.3 is 6.09 Å². The van der Waals surface area contributed by atoms with E-state index in [-0.39, 0.29) is 6.61 Å². The quantitative estimate of drug-likeness (QED) is 0.580. The van der Waals surface area contributed by atoms with Gasteiger partial charge in [-0.15, -0.1) is 0 Å². The zero-order valence-corrected chi connectivity index (χ0v) is 19.2. The number of halogens is 1. The van der Waals surface area contributed by atoms with Gasteiger partial charge in [-0.3, -0.25) is 0 Å². The number of aliphatic hydroxyl groups is 1. The van der Waals surface area contributed by atoms with Gasteiger partial charge in [-0.25, -0.2) is 4.79 Å². The number of aryl methyl sites for hydroxylation is 1. The molecular weight excluding hydrogens is 420 g/mol. The van der Waals surface area contributed by atoms with Gasteiger partial charge in [0.05, 0.1) is 23.8 Å². The standard InChI is InChI=1S/C23H27ClN2O3S/c1-22(2,3)29-21(28)26-23(4,15-27)11-10-17-8-9-19(13-20(17)24)30-18-7-5-6-16(12-18)14-25/h5-9,12-13,27H,10-11,15H2,1-4H3,(H,26,28)/t23-/m0/s1. The van der Waals surface area contributed by atoms with E-state index in [9.17, 15) is 9.90 Å². The Morgan fingerprint density at radius 1 is 1.20 bits per heavy atom. The molecule has 0 aliphatic rings. The van der Waals surface area contributed by atoms with Crippen LogP contribution < -0.4 is 5.32 Å². The molecule has 2 rings (SSSR count). The van der Waals surface area contributed by atoms with Crippen molar-refractivity contribution in [1.82, 2.24) is 5.32 Å². The average Bonchev–Trinajstić information content (AvgIpc) is 2.66. The van der Waals surface area contributed by atoms with E-state index in [4.69, 9.17) is 21.6 Å². The Morgan fingerprint density at radius 2 is 1.90 bits per heavy atom. The number of nitriles is 1. The average molecular weight is 447 g/mol. The Balaban J connectivity index is 2.02. The Kier molecular flexibility index (Phi) is 8.19. The van der Waals surface area contributed by atoms with Crippen LogP contribution in [0.1, 0.15) is 45.2 Å². The molecule has 0 spiro atoms. The predicted molar refractivity (Wildman–Crippen MR) is 120 cm³/mol. The van der Waals surface area contributed by atoms with Crippen LogP contribution in [0.15, 0.2) is 52.3 Å². The molecule has 2 aromatic rings. The van der Waals surface area contributed by atoms with E-state index in [0.717, 1.165) is 15.4 Å². The molecule has 0 aliphatic carbocycles. The van der Waals surface area contributed by atoms with E-state index in [1.165, 1.54) is 11.8 Å². The Morgan fingerprint density at radius 3 is 2.50 bits per heavy atom. The Hall–Kier alpha value is -2.20. The SMILES string of the molecule is CC(C)(C)OC(=O)N[C@](C)(CO)CCc1ccc(Sc2cccc(C#N)c2)cc1Cl. The van der Waals surface area contributed by atoms with E-state index in [1.807, 2.05) is 36.4 Å². The first-order valence-corrected chi connectivity index (χ1v) is 10.8. The number of nitrogens with zero attached hydrogens (tertiary/aromatic N) is 1. The van der Waals surface area contributed by atoms with Crippen LogP contribution in [0.3, 0.4) is 0 Å². The van der Waals surface area contributed by atoms with Crippen molar-refractivity contribution in [2.24, 2.45) is 0 Å². The van der Waals surface area contributed by atoms with E-state index in [2.05, 4.69) is 11.4 Å². The maximum absolute atomic E-state index is 12.1. The summed E-state index contributed by atoms with van der Waals surface area (Å²) in [5.41, 5.74) is 0.113. The minimum absolute atomic E-state index is 0.215. The molecule has 1 amide bonds. The van der Waals surface area contributed by atoms with Gasteiger partial charge in [0.15, 0.2) is 0 Å². The van der Waals surface area contributed by atoms with Gasteiger partial charge in [0.25, 0.3) is 0 Å². The molecule has 0 fully saturated rings. The summed E-state index contributed by atoms with van der Waals surface area (Å²) in [6.45, 7) is 6.93. The van der Waals surface area contributed by atoms with Crippen molar-refractivity contribution in [3.63, 3.8) is 0 Å².